The summed E-state index contributed by atoms with van der Waals surface area (Å²) in [4.78, 5) is 19.1. The molecule has 1 saturated carbocycles. The van der Waals surface area contributed by atoms with E-state index in [2.05, 4.69) is 20.4 Å². The lowest BCUT2D eigenvalue weighted by Gasteiger charge is -2.30. The summed E-state index contributed by atoms with van der Waals surface area (Å²) >= 11 is 0. The van der Waals surface area contributed by atoms with Gasteiger partial charge in [0, 0.05) is 18.7 Å². The third-order valence-corrected chi connectivity index (χ3v) is 5.00. The van der Waals surface area contributed by atoms with Crippen molar-refractivity contribution in [2.75, 3.05) is 19.6 Å². The van der Waals surface area contributed by atoms with Gasteiger partial charge in [0.1, 0.15) is 0 Å². The summed E-state index contributed by atoms with van der Waals surface area (Å²) in [5.41, 5.74) is 0.952. The van der Waals surface area contributed by atoms with Crippen LogP contribution in [0.2, 0.25) is 0 Å². The zero-order chi connectivity index (χ0) is 17.1. The predicted molar refractivity (Wildman–Crippen MR) is 93.5 cm³/mol. The topological polar surface area (TPSA) is 71.3 Å². The Hall–Kier alpha value is -2.21. The highest BCUT2D eigenvalue weighted by atomic mass is 16.5. The standard InChI is InChI=1S/C19H24N4O2/c24-19(20-11-14-8-9-14)16-7-4-10-23(12-16)13-17-21-18(22-25-17)15-5-2-1-3-6-15/h1-3,5-6,14,16H,4,7-13H2,(H,20,24)/t16-/m1/s1. The molecule has 1 amide bonds. The van der Waals surface area contributed by atoms with Gasteiger partial charge >= 0.3 is 0 Å². The lowest BCUT2D eigenvalue weighted by atomic mass is 9.97. The quantitative estimate of drug-likeness (QED) is 0.875. The highest BCUT2D eigenvalue weighted by Crippen LogP contribution is 2.28. The van der Waals surface area contributed by atoms with Crippen LogP contribution in [-0.4, -0.2) is 40.6 Å². The fourth-order valence-corrected chi connectivity index (χ4v) is 3.34. The lowest BCUT2D eigenvalue weighted by Crippen LogP contribution is -2.43. The molecule has 0 unspecified atom stereocenters. The molecule has 2 heterocycles. The second kappa shape index (κ2) is 7.35. The molecule has 1 atom stereocenters. The van der Waals surface area contributed by atoms with Crippen molar-refractivity contribution in [1.82, 2.24) is 20.4 Å². The van der Waals surface area contributed by atoms with E-state index < -0.39 is 0 Å². The molecule has 2 aromatic rings. The van der Waals surface area contributed by atoms with Gasteiger partial charge in [0.15, 0.2) is 0 Å². The molecular formula is C19H24N4O2. The Bertz CT molecular complexity index is 711. The molecular weight excluding hydrogens is 316 g/mol. The molecule has 2 aliphatic rings. The van der Waals surface area contributed by atoms with E-state index in [1.54, 1.807) is 0 Å². The van der Waals surface area contributed by atoms with Crippen molar-refractivity contribution >= 4 is 5.91 Å². The van der Waals surface area contributed by atoms with Gasteiger partial charge in [-0.25, -0.2) is 0 Å². The maximum atomic E-state index is 12.3. The summed E-state index contributed by atoms with van der Waals surface area (Å²) in [7, 11) is 0. The summed E-state index contributed by atoms with van der Waals surface area (Å²) in [6, 6.07) is 9.82. The second-order valence-corrected chi connectivity index (χ2v) is 7.14. The largest absolute Gasteiger partial charge is 0.356 e. The van der Waals surface area contributed by atoms with E-state index in [9.17, 15) is 4.79 Å². The summed E-state index contributed by atoms with van der Waals surface area (Å²) in [5, 5.41) is 7.18. The van der Waals surface area contributed by atoms with Gasteiger partial charge in [-0.3, -0.25) is 9.69 Å². The molecule has 1 aliphatic heterocycles. The smallest absolute Gasteiger partial charge is 0.241 e. The summed E-state index contributed by atoms with van der Waals surface area (Å²) in [5.74, 6) is 2.22. The minimum atomic E-state index is 0.0732. The van der Waals surface area contributed by atoms with Crippen molar-refractivity contribution in [2.45, 2.75) is 32.2 Å². The van der Waals surface area contributed by atoms with Crippen LogP contribution in [0.1, 0.15) is 31.6 Å². The number of hydrogen-bond acceptors (Lipinski definition) is 5. The van der Waals surface area contributed by atoms with E-state index in [1.807, 2.05) is 30.3 Å². The van der Waals surface area contributed by atoms with Crippen molar-refractivity contribution < 1.29 is 9.32 Å². The first-order valence-corrected chi connectivity index (χ1v) is 9.16. The number of hydrogen-bond donors (Lipinski definition) is 1. The normalized spacial score (nSPS) is 21.2. The molecule has 25 heavy (non-hydrogen) atoms. The molecule has 6 heteroatoms. The molecule has 1 aromatic heterocycles. The molecule has 1 N–H and O–H groups in total. The zero-order valence-corrected chi connectivity index (χ0v) is 14.4. The Morgan fingerprint density at radius 2 is 2.08 bits per heavy atom. The van der Waals surface area contributed by atoms with Crippen molar-refractivity contribution in [1.29, 1.82) is 0 Å². The molecule has 2 fully saturated rings. The van der Waals surface area contributed by atoms with Gasteiger partial charge in [-0.15, -0.1) is 0 Å². The Morgan fingerprint density at radius 3 is 2.88 bits per heavy atom. The average molecular weight is 340 g/mol. The van der Waals surface area contributed by atoms with Gasteiger partial charge in [-0.2, -0.15) is 4.98 Å². The van der Waals surface area contributed by atoms with Crippen molar-refractivity contribution in [3.63, 3.8) is 0 Å². The van der Waals surface area contributed by atoms with E-state index >= 15 is 0 Å². The fourth-order valence-electron chi connectivity index (χ4n) is 3.34. The molecule has 0 radical (unpaired) electrons. The van der Waals surface area contributed by atoms with Gasteiger partial charge in [-0.05, 0) is 38.1 Å². The Morgan fingerprint density at radius 1 is 1.24 bits per heavy atom. The third kappa shape index (κ3) is 4.25. The average Bonchev–Trinajstić information content (AvgIpc) is 3.38. The molecule has 1 aromatic carbocycles. The fraction of sp³-hybridized carbons (Fsp3) is 0.526. The number of piperidine rings is 1. The maximum absolute atomic E-state index is 12.3. The summed E-state index contributed by atoms with van der Waals surface area (Å²) in [6.07, 6.45) is 4.52. The second-order valence-electron chi connectivity index (χ2n) is 7.14. The number of carbonyl (C=O) groups is 1. The van der Waals surface area contributed by atoms with Crippen LogP contribution in [-0.2, 0) is 11.3 Å². The molecule has 1 aliphatic carbocycles. The van der Waals surface area contributed by atoms with Gasteiger partial charge < -0.3 is 9.84 Å². The molecule has 1 saturated heterocycles. The minimum Gasteiger partial charge on any atom is -0.356 e. The van der Waals surface area contributed by atoms with Crippen LogP contribution in [0, 0.1) is 11.8 Å². The predicted octanol–water partition coefficient (Wildman–Crippen LogP) is 2.47. The van der Waals surface area contributed by atoms with Gasteiger partial charge in [0.25, 0.3) is 0 Å². The van der Waals surface area contributed by atoms with E-state index in [0.29, 0.717) is 18.3 Å². The SMILES string of the molecule is O=C(NCC1CC1)[C@@H]1CCCN(Cc2nc(-c3ccccc3)no2)C1. The van der Waals surface area contributed by atoms with Crippen LogP contribution >= 0.6 is 0 Å². The molecule has 132 valence electrons. The van der Waals surface area contributed by atoms with Gasteiger partial charge in [-0.1, -0.05) is 35.5 Å². The molecule has 6 nitrogen and oxygen atoms in total. The number of amides is 1. The van der Waals surface area contributed by atoms with E-state index in [4.69, 9.17) is 4.52 Å². The van der Waals surface area contributed by atoms with Crippen LogP contribution in [0.25, 0.3) is 11.4 Å². The Kier molecular flexibility index (Phi) is 4.78. The monoisotopic (exact) mass is 340 g/mol. The Labute approximate surface area is 147 Å². The number of likely N-dealkylation sites (tertiary alicyclic amines) is 1. The highest BCUT2D eigenvalue weighted by Gasteiger charge is 2.28. The number of carbonyl (C=O) groups excluding carboxylic acids is 1. The van der Waals surface area contributed by atoms with Crippen molar-refractivity contribution in [3.8, 4) is 11.4 Å². The highest BCUT2D eigenvalue weighted by molar-refractivity contribution is 5.79. The summed E-state index contributed by atoms with van der Waals surface area (Å²) in [6.45, 7) is 3.18. The lowest BCUT2D eigenvalue weighted by molar-refractivity contribution is -0.126. The van der Waals surface area contributed by atoms with Crippen LogP contribution in [0.4, 0.5) is 0 Å². The number of benzene rings is 1. The maximum Gasteiger partial charge on any atom is 0.241 e. The molecule has 0 spiro atoms. The minimum absolute atomic E-state index is 0.0732. The Balaban J connectivity index is 1.32. The first-order valence-electron chi connectivity index (χ1n) is 9.16. The number of nitrogens with zero attached hydrogens (tertiary/aromatic N) is 3. The van der Waals surface area contributed by atoms with Gasteiger partial charge in [0.2, 0.25) is 17.6 Å². The van der Waals surface area contributed by atoms with Crippen LogP contribution in [0.3, 0.4) is 0 Å². The van der Waals surface area contributed by atoms with Crippen LogP contribution < -0.4 is 5.32 Å². The van der Waals surface area contributed by atoms with Crippen molar-refractivity contribution in [3.05, 3.63) is 36.2 Å². The number of aromatic nitrogens is 2. The third-order valence-electron chi connectivity index (χ3n) is 5.00. The van der Waals surface area contributed by atoms with Crippen LogP contribution in [0.15, 0.2) is 34.9 Å². The summed E-state index contributed by atoms with van der Waals surface area (Å²) < 4.78 is 5.40. The van der Waals surface area contributed by atoms with Gasteiger partial charge in [0.05, 0.1) is 12.5 Å². The number of nitrogens with one attached hydrogen (secondary N) is 1. The zero-order valence-electron chi connectivity index (χ0n) is 14.4. The molecule has 4 rings (SSSR count). The van der Waals surface area contributed by atoms with E-state index in [-0.39, 0.29) is 11.8 Å². The van der Waals surface area contributed by atoms with E-state index in [0.717, 1.165) is 44.0 Å². The van der Waals surface area contributed by atoms with Crippen LogP contribution in [0.5, 0.6) is 0 Å². The van der Waals surface area contributed by atoms with Crippen molar-refractivity contribution in [2.24, 2.45) is 11.8 Å². The molecule has 0 bridgehead atoms. The number of rotatable bonds is 6. The first kappa shape index (κ1) is 16.3. The first-order chi connectivity index (χ1) is 12.3. The van der Waals surface area contributed by atoms with E-state index in [1.165, 1.54) is 12.8 Å².